The van der Waals surface area contributed by atoms with Gasteiger partial charge in [0.25, 0.3) is 0 Å². The Hall–Kier alpha value is -1.24. The Kier molecular flexibility index (Phi) is 7.36. The second-order valence-electron chi connectivity index (χ2n) is 3.21. The summed E-state index contributed by atoms with van der Waals surface area (Å²) in [6, 6.07) is -0.795. The van der Waals surface area contributed by atoms with Crippen molar-refractivity contribution in [2.24, 2.45) is 4.99 Å². The van der Waals surface area contributed by atoms with Crippen LogP contribution in [0.1, 0.15) is 20.8 Å². The molecule has 0 aliphatic rings. The lowest BCUT2D eigenvalue weighted by Gasteiger charge is -2.10. The fourth-order valence-electron chi connectivity index (χ4n) is 0.803. The van der Waals surface area contributed by atoms with Gasteiger partial charge in [-0.15, -0.1) is 0 Å². The summed E-state index contributed by atoms with van der Waals surface area (Å²) in [4.78, 5) is 26.1. The second kappa shape index (κ2) is 7.98. The highest BCUT2D eigenvalue weighted by Gasteiger charge is 2.07. The maximum absolute atomic E-state index is 11.3. The molecule has 4 amide bonds. The van der Waals surface area contributed by atoms with Crippen LogP contribution in [0.2, 0.25) is 0 Å². The van der Waals surface area contributed by atoms with Crippen LogP contribution in [-0.4, -0.2) is 36.1 Å². The first-order chi connectivity index (χ1) is 7.49. The molecule has 0 rings (SSSR count). The van der Waals surface area contributed by atoms with E-state index in [9.17, 15) is 9.59 Å². The van der Waals surface area contributed by atoms with E-state index in [1.807, 2.05) is 13.8 Å². The molecule has 0 aliphatic heterocycles. The summed E-state index contributed by atoms with van der Waals surface area (Å²) in [7, 11) is 0. The lowest BCUT2D eigenvalue weighted by atomic mass is 10.4. The summed E-state index contributed by atoms with van der Waals surface area (Å²) in [5.74, 6) is 0. The van der Waals surface area contributed by atoms with Crippen molar-refractivity contribution in [3.63, 3.8) is 0 Å². The molecule has 0 saturated heterocycles. The number of urea groups is 2. The van der Waals surface area contributed by atoms with E-state index in [2.05, 4.69) is 20.9 Å². The third kappa shape index (κ3) is 7.10. The zero-order valence-corrected chi connectivity index (χ0v) is 10.8. The lowest BCUT2D eigenvalue weighted by molar-refractivity contribution is 0.243. The van der Waals surface area contributed by atoms with E-state index in [1.54, 1.807) is 13.2 Å². The first-order valence-electron chi connectivity index (χ1n) is 4.97. The molecule has 0 aromatic rings. The molecule has 0 unspecified atom stereocenters. The molecule has 0 aromatic carbocycles. The van der Waals surface area contributed by atoms with Gasteiger partial charge in [0.2, 0.25) is 0 Å². The maximum atomic E-state index is 11.3. The molecule has 16 heavy (non-hydrogen) atoms. The van der Waals surface area contributed by atoms with Gasteiger partial charge in [-0.2, -0.15) is 4.99 Å². The molecule has 6 nitrogen and oxygen atoms in total. The zero-order valence-electron chi connectivity index (χ0n) is 9.96. The lowest BCUT2D eigenvalue weighted by Crippen LogP contribution is -2.42. The van der Waals surface area contributed by atoms with Crippen molar-refractivity contribution in [3.8, 4) is 0 Å². The van der Waals surface area contributed by atoms with Gasteiger partial charge in [-0.3, -0.25) is 5.32 Å². The predicted molar refractivity (Wildman–Crippen MR) is 66.8 cm³/mol. The highest BCUT2D eigenvalue weighted by atomic mass is 32.2. The Morgan fingerprint density at radius 1 is 1.38 bits per heavy atom. The smallest absolute Gasteiger partial charge is 0.336 e. The maximum Gasteiger partial charge on any atom is 0.343 e. The Balaban J connectivity index is 4.28. The normalized spacial score (nSPS) is 11.2. The molecule has 0 heterocycles. The molecule has 3 N–H and O–H groups in total. The van der Waals surface area contributed by atoms with E-state index in [1.165, 1.54) is 11.8 Å². The number of nitrogens with one attached hydrogen (secondary N) is 3. The standard InChI is InChI=1S/C9H18N4O2S/c1-5-10-7(14)12-9(16-4)13-8(15)11-6(2)3/h6H,5H2,1-4H3,(H3,10,11,12,13,14,15). The highest BCUT2D eigenvalue weighted by molar-refractivity contribution is 8.13. The fraction of sp³-hybridized carbons (Fsp3) is 0.667. The van der Waals surface area contributed by atoms with Crippen LogP contribution in [0.25, 0.3) is 0 Å². The highest BCUT2D eigenvalue weighted by Crippen LogP contribution is 1.95. The first kappa shape index (κ1) is 14.8. The number of rotatable bonds is 2. The minimum absolute atomic E-state index is 0.0348. The number of hydrogen-bond donors (Lipinski definition) is 3. The van der Waals surface area contributed by atoms with Gasteiger partial charge in [0, 0.05) is 12.6 Å². The van der Waals surface area contributed by atoms with Crippen molar-refractivity contribution in [2.45, 2.75) is 26.8 Å². The summed E-state index contributed by atoms with van der Waals surface area (Å²) in [5.41, 5.74) is 0. The van der Waals surface area contributed by atoms with Crippen molar-refractivity contribution < 1.29 is 9.59 Å². The third-order valence-corrected chi connectivity index (χ3v) is 1.94. The Morgan fingerprint density at radius 3 is 2.44 bits per heavy atom. The summed E-state index contributed by atoms with van der Waals surface area (Å²) in [5, 5.41) is 7.91. The van der Waals surface area contributed by atoms with Crippen LogP contribution >= 0.6 is 11.8 Å². The summed E-state index contributed by atoms with van der Waals surface area (Å²) < 4.78 is 0. The first-order valence-corrected chi connectivity index (χ1v) is 6.20. The van der Waals surface area contributed by atoms with Crippen LogP contribution in [0.3, 0.4) is 0 Å². The zero-order chi connectivity index (χ0) is 12.6. The van der Waals surface area contributed by atoms with Gasteiger partial charge >= 0.3 is 12.1 Å². The number of aliphatic imine (C=N–C) groups is 1. The van der Waals surface area contributed by atoms with Gasteiger partial charge in [0.15, 0.2) is 5.17 Å². The van der Waals surface area contributed by atoms with E-state index in [-0.39, 0.29) is 17.2 Å². The quantitative estimate of drug-likeness (QED) is 0.505. The van der Waals surface area contributed by atoms with E-state index >= 15 is 0 Å². The number of carbonyl (C=O) groups excluding carboxylic acids is 2. The molecule has 92 valence electrons. The Morgan fingerprint density at radius 2 is 2.00 bits per heavy atom. The molecular weight excluding hydrogens is 228 g/mol. The largest absolute Gasteiger partial charge is 0.343 e. The monoisotopic (exact) mass is 246 g/mol. The number of hydrogen-bond acceptors (Lipinski definition) is 3. The van der Waals surface area contributed by atoms with Crippen LogP contribution in [0.4, 0.5) is 9.59 Å². The van der Waals surface area contributed by atoms with Crippen LogP contribution in [0, 0.1) is 0 Å². The van der Waals surface area contributed by atoms with E-state index in [0.717, 1.165) is 0 Å². The average Bonchev–Trinajstić information content (AvgIpc) is 2.15. The van der Waals surface area contributed by atoms with Gasteiger partial charge in [0.05, 0.1) is 0 Å². The molecule has 0 bridgehead atoms. The molecule has 0 aromatic heterocycles. The molecule has 0 saturated carbocycles. The van der Waals surface area contributed by atoms with Crippen molar-refractivity contribution in [1.82, 2.24) is 16.0 Å². The third-order valence-electron chi connectivity index (χ3n) is 1.36. The number of amides is 4. The number of nitrogens with zero attached hydrogens (tertiary/aromatic N) is 1. The van der Waals surface area contributed by atoms with Gasteiger partial charge in [-0.25, -0.2) is 9.59 Å². The van der Waals surface area contributed by atoms with Gasteiger partial charge in [-0.05, 0) is 27.0 Å². The predicted octanol–water partition coefficient (Wildman–Crippen LogP) is 1.14. The molecule has 0 aliphatic carbocycles. The van der Waals surface area contributed by atoms with Crippen LogP contribution in [0.15, 0.2) is 4.99 Å². The van der Waals surface area contributed by atoms with Gasteiger partial charge < -0.3 is 10.6 Å². The van der Waals surface area contributed by atoms with Crippen LogP contribution in [0.5, 0.6) is 0 Å². The van der Waals surface area contributed by atoms with Crippen molar-refractivity contribution >= 4 is 29.0 Å². The molecular formula is C9H18N4O2S. The Labute approximate surface area is 99.6 Å². The fourth-order valence-corrected chi connectivity index (χ4v) is 1.17. The average molecular weight is 246 g/mol. The summed E-state index contributed by atoms with van der Waals surface area (Å²) in [6.45, 7) is 5.99. The summed E-state index contributed by atoms with van der Waals surface area (Å²) >= 11 is 1.20. The topological polar surface area (TPSA) is 82.6 Å². The van der Waals surface area contributed by atoms with Crippen LogP contribution in [-0.2, 0) is 0 Å². The molecule has 7 heteroatoms. The van der Waals surface area contributed by atoms with Crippen LogP contribution < -0.4 is 16.0 Å². The minimum atomic E-state index is -0.461. The number of thioether (sulfide) groups is 1. The summed E-state index contributed by atoms with van der Waals surface area (Å²) in [6.07, 6.45) is 1.73. The molecule has 0 atom stereocenters. The molecule has 0 radical (unpaired) electrons. The SMILES string of the molecule is CCNC(=O)N=C(NC(=O)NC(C)C)SC. The number of amidine groups is 1. The van der Waals surface area contributed by atoms with E-state index in [0.29, 0.717) is 6.54 Å². The van der Waals surface area contributed by atoms with Crippen molar-refractivity contribution in [1.29, 1.82) is 0 Å². The molecule has 0 fully saturated rings. The van der Waals surface area contributed by atoms with Crippen molar-refractivity contribution in [3.05, 3.63) is 0 Å². The Bertz CT molecular complexity index is 279. The minimum Gasteiger partial charge on any atom is -0.336 e. The molecule has 0 spiro atoms. The number of carbonyl (C=O) groups is 2. The van der Waals surface area contributed by atoms with E-state index in [4.69, 9.17) is 0 Å². The van der Waals surface area contributed by atoms with E-state index < -0.39 is 6.03 Å². The van der Waals surface area contributed by atoms with Crippen molar-refractivity contribution in [2.75, 3.05) is 12.8 Å². The van der Waals surface area contributed by atoms with Gasteiger partial charge in [0.1, 0.15) is 0 Å². The van der Waals surface area contributed by atoms with Gasteiger partial charge in [-0.1, -0.05) is 11.8 Å². The second-order valence-corrected chi connectivity index (χ2v) is 4.00.